The average molecular weight is 262 g/mol. The SMILES string of the molecule is Cl.NN1CCC(C(=O)NCC(F)(F)F)CC1. The van der Waals surface area contributed by atoms with Gasteiger partial charge in [-0.25, -0.2) is 5.01 Å². The van der Waals surface area contributed by atoms with Crippen molar-refractivity contribution in [2.45, 2.75) is 19.0 Å². The fraction of sp³-hybridized carbons (Fsp3) is 0.875. The Bertz CT molecular complexity index is 229. The molecule has 0 saturated carbocycles. The number of alkyl halides is 3. The third-order valence-electron chi connectivity index (χ3n) is 2.36. The van der Waals surface area contributed by atoms with Gasteiger partial charge in [-0.15, -0.1) is 12.4 Å². The van der Waals surface area contributed by atoms with Crippen LogP contribution in [0.2, 0.25) is 0 Å². The number of nitrogens with zero attached hydrogens (tertiary/aromatic N) is 1. The number of amides is 1. The molecule has 0 unspecified atom stereocenters. The summed E-state index contributed by atoms with van der Waals surface area (Å²) in [6.45, 7) is -0.164. The molecule has 1 heterocycles. The van der Waals surface area contributed by atoms with Gasteiger partial charge in [0.15, 0.2) is 0 Å². The Hall–Kier alpha value is -0.530. The number of carbonyl (C=O) groups excluding carboxylic acids is 1. The minimum atomic E-state index is -4.34. The quantitative estimate of drug-likeness (QED) is 0.719. The van der Waals surface area contributed by atoms with Gasteiger partial charge in [0.2, 0.25) is 5.91 Å². The van der Waals surface area contributed by atoms with Crippen molar-refractivity contribution in [2.75, 3.05) is 19.6 Å². The highest BCUT2D eigenvalue weighted by Crippen LogP contribution is 2.17. The molecule has 1 rings (SSSR count). The molecule has 16 heavy (non-hydrogen) atoms. The summed E-state index contributed by atoms with van der Waals surface area (Å²) >= 11 is 0. The lowest BCUT2D eigenvalue weighted by Gasteiger charge is -2.27. The summed E-state index contributed by atoms with van der Waals surface area (Å²) in [4.78, 5) is 11.3. The molecule has 0 atom stereocenters. The van der Waals surface area contributed by atoms with Gasteiger partial charge in [0.1, 0.15) is 6.54 Å². The molecule has 0 radical (unpaired) electrons. The van der Waals surface area contributed by atoms with Crippen LogP contribution in [0.1, 0.15) is 12.8 Å². The molecule has 0 aliphatic carbocycles. The Morgan fingerprint density at radius 3 is 2.31 bits per heavy atom. The van der Waals surface area contributed by atoms with Crippen molar-refractivity contribution in [3.05, 3.63) is 0 Å². The third-order valence-corrected chi connectivity index (χ3v) is 2.36. The molecule has 1 amide bonds. The molecule has 1 aliphatic heterocycles. The number of nitrogens with two attached hydrogens (primary N) is 1. The van der Waals surface area contributed by atoms with Crippen molar-refractivity contribution in [1.82, 2.24) is 10.3 Å². The van der Waals surface area contributed by atoms with Crippen LogP contribution in [0.25, 0.3) is 0 Å². The van der Waals surface area contributed by atoms with E-state index in [4.69, 9.17) is 5.84 Å². The van der Waals surface area contributed by atoms with E-state index in [9.17, 15) is 18.0 Å². The van der Waals surface area contributed by atoms with E-state index in [1.807, 2.05) is 5.32 Å². The zero-order chi connectivity index (χ0) is 11.5. The minimum Gasteiger partial charge on any atom is -0.347 e. The van der Waals surface area contributed by atoms with Gasteiger partial charge in [-0.1, -0.05) is 0 Å². The van der Waals surface area contributed by atoms with Crippen LogP contribution in [-0.4, -0.2) is 36.7 Å². The average Bonchev–Trinajstić information content (AvgIpc) is 2.14. The number of hydrazine groups is 1. The van der Waals surface area contributed by atoms with E-state index in [2.05, 4.69) is 0 Å². The molecule has 0 spiro atoms. The van der Waals surface area contributed by atoms with Crippen molar-refractivity contribution in [3.63, 3.8) is 0 Å². The highest BCUT2D eigenvalue weighted by Gasteiger charge is 2.30. The molecular weight excluding hydrogens is 247 g/mol. The van der Waals surface area contributed by atoms with E-state index in [1.54, 1.807) is 5.01 Å². The molecule has 4 nitrogen and oxygen atoms in total. The molecule has 0 aromatic heterocycles. The summed E-state index contributed by atoms with van der Waals surface area (Å²) in [6, 6.07) is 0. The van der Waals surface area contributed by atoms with E-state index in [0.29, 0.717) is 25.9 Å². The summed E-state index contributed by atoms with van der Waals surface area (Å²) in [5.41, 5.74) is 0. The number of hydrogen-bond acceptors (Lipinski definition) is 3. The first-order valence-electron chi connectivity index (χ1n) is 4.72. The van der Waals surface area contributed by atoms with Gasteiger partial charge in [0.25, 0.3) is 0 Å². The maximum Gasteiger partial charge on any atom is 0.405 e. The van der Waals surface area contributed by atoms with Gasteiger partial charge in [-0.05, 0) is 12.8 Å². The van der Waals surface area contributed by atoms with Crippen LogP contribution in [0, 0.1) is 5.92 Å². The molecule has 0 bridgehead atoms. The van der Waals surface area contributed by atoms with Crippen LogP contribution >= 0.6 is 12.4 Å². The van der Waals surface area contributed by atoms with Crippen molar-refractivity contribution < 1.29 is 18.0 Å². The molecule has 96 valence electrons. The maximum absolute atomic E-state index is 11.8. The highest BCUT2D eigenvalue weighted by molar-refractivity contribution is 5.85. The zero-order valence-electron chi connectivity index (χ0n) is 8.59. The van der Waals surface area contributed by atoms with E-state index in [-0.39, 0.29) is 18.3 Å². The topological polar surface area (TPSA) is 58.4 Å². The minimum absolute atomic E-state index is 0. The van der Waals surface area contributed by atoms with Gasteiger partial charge >= 0.3 is 6.18 Å². The van der Waals surface area contributed by atoms with E-state index < -0.39 is 18.6 Å². The highest BCUT2D eigenvalue weighted by atomic mass is 35.5. The van der Waals surface area contributed by atoms with Gasteiger partial charge in [0, 0.05) is 19.0 Å². The standard InChI is InChI=1S/C8H14F3N3O.ClH/c9-8(10,11)5-13-7(15)6-1-3-14(12)4-2-6;/h6H,1-5,12H2,(H,13,15);1H. The fourth-order valence-electron chi connectivity index (χ4n) is 1.49. The summed E-state index contributed by atoms with van der Waals surface area (Å²) in [6.07, 6.45) is -3.31. The van der Waals surface area contributed by atoms with Crippen LogP contribution in [0.3, 0.4) is 0 Å². The number of carbonyl (C=O) groups is 1. The van der Waals surface area contributed by atoms with Gasteiger partial charge in [-0.2, -0.15) is 13.2 Å². The number of halogens is 4. The van der Waals surface area contributed by atoms with Gasteiger partial charge in [-0.3, -0.25) is 10.6 Å². The largest absolute Gasteiger partial charge is 0.405 e. The van der Waals surface area contributed by atoms with Gasteiger partial charge in [0.05, 0.1) is 0 Å². The molecule has 1 aliphatic rings. The Balaban J connectivity index is 0.00000225. The number of piperidine rings is 1. The number of rotatable bonds is 2. The fourth-order valence-corrected chi connectivity index (χ4v) is 1.49. The Morgan fingerprint density at radius 1 is 1.38 bits per heavy atom. The molecule has 1 fully saturated rings. The summed E-state index contributed by atoms with van der Waals surface area (Å²) < 4.78 is 35.4. The lowest BCUT2D eigenvalue weighted by Crippen LogP contribution is -2.45. The second kappa shape index (κ2) is 6.27. The molecular formula is C8H15ClF3N3O. The summed E-state index contributed by atoms with van der Waals surface area (Å²) in [5.74, 6) is 4.59. The summed E-state index contributed by atoms with van der Waals surface area (Å²) in [5, 5.41) is 3.45. The Kier molecular flexibility index (Phi) is 6.06. The van der Waals surface area contributed by atoms with E-state index >= 15 is 0 Å². The zero-order valence-corrected chi connectivity index (χ0v) is 9.40. The Morgan fingerprint density at radius 2 is 1.88 bits per heavy atom. The number of hydrogen-bond donors (Lipinski definition) is 2. The second-order valence-electron chi connectivity index (χ2n) is 3.64. The predicted octanol–water partition coefficient (Wildman–Crippen LogP) is 0.672. The van der Waals surface area contributed by atoms with Crippen molar-refractivity contribution in [2.24, 2.45) is 11.8 Å². The first kappa shape index (κ1) is 15.5. The predicted molar refractivity (Wildman–Crippen MR) is 54.8 cm³/mol. The first-order chi connectivity index (χ1) is 6.88. The molecule has 8 heteroatoms. The van der Waals surface area contributed by atoms with Crippen molar-refractivity contribution in [1.29, 1.82) is 0 Å². The lowest BCUT2D eigenvalue weighted by molar-refractivity contribution is -0.141. The van der Waals surface area contributed by atoms with Crippen LogP contribution in [-0.2, 0) is 4.79 Å². The summed E-state index contributed by atoms with van der Waals surface area (Å²) in [7, 11) is 0. The van der Waals surface area contributed by atoms with Gasteiger partial charge < -0.3 is 5.32 Å². The third kappa shape index (κ3) is 5.53. The van der Waals surface area contributed by atoms with Crippen molar-refractivity contribution >= 4 is 18.3 Å². The molecule has 3 N–H and O–H groups in total. The molecule has 0 aromatic carbocycles. The van der Waals surface area contributed by atoms with Crippen LogP contribution < -0.4 is 11.2 Å². The number of nitrogens with one attached hydrogen (secondary N) is 1. The van der Waals surface area contributed by atoms with Crippen LogP contribution in [0.5, 0.6) is 0 Å². The second-order valence-corrected chi connectivity index (χ2v) is 3.64. The lowest BCUT2D eigenvalue weighted by atomic mass is 9.97. The monoisotopic (exact) mass is 261 g/mol. The van der Waals surface area contributed by atoms with E-state index in [0.717, 1.165) is 0 Å². The van der Waals surface area contributed by atoms with E-state index in [1.165, 1.54) is 0 Å². The first-order valence-corrected chi connectivity index (χ1v) is 4.72. The van der Waals surface area contributed by atoms with Crippen LogP contribution in [0.4, 0.5) is 13.2 Å². The van der Waals surface area contributed by atoms with Crippen molar-refractivity contribution in [3.8, 4) is 0 Å². The normalized spacial score (nSPS) is 19.0. The molecule has 1 saturated heterocycles. The smallest absolute Gasteiger partial charge is 0.347 e. The maximum atomic E-state index is 11.8. The molecule has 0 aromatic rings. The Labute approximate surface area is 97.7 Å². The van der Waals surface area contributed by atoms with Crippen LogP contribution in [0.15, 0.2) is 0 Å².